The maximum Gasteiger partial charge on any atom is 0.294 e. The second-order valence-corrected chi connectivity index (χ2v) is 7.67. The third-order valence-electron chi connectivity index (χ3n) is 4.66. The summed E-state index contributed by atoms with van der Waals surface area (Å²) in [6.45, 7) is 3.47. The second kappa shape index (κ2) is 6.78. The topological polar surface area (TPSA) is 99.8 Å². The van der Waals surface area contributed by atoms with E-state index < -0.39 is 10.1 Å². The number of benzene rings is 1. The van der Waals surface area contributed by atoms with Gasteiger partial charge in [0.25, 0.3) is 16.0 Å². The summed E-state index contributed by atoms with van der Waals surface area (Å²) in [5.41, 5.74) is 1.99. The van der Waals surface area contributed by atoms with E-state index in [2.05, 4.69) is 6.92 Å². The van der Waals surface area contributed by atoms with Gasteiger partial charge in [-0.2, -0.15) is 8.42 Å². The van der Waals surface area contributed by atoms with Gasteiger partial charge in [-0.1, -0.05) is 13.3 Å². The highest BCUT2D eigenvalue weighted by atomic mass is 32.2. The van der Waals surface area contributed by atoms with E-state index in [0.29, 0.717) is 36.1 Å². The largest absolute Gasteiger partial charge is 0.395 e. The van der Waals surface area contributed by atoms with Crippen LogP contribution in [-0.4, -0.2) is 53.1 Å². The number of nitrogens with zero attached hydrogens (tertiary/aromatic N) is 2. The Morgan fingerprint density at radius 1 is 1.24 bits per heavy atom. The lowest BCUT2D eigenvalue weighted by Crippen LogP contribution is -2.39. The van der Waals surface area contributed by atoms with Crippen molar-refractivity contribution in [3.05, 3.63) is 29.5 Å². The van der Waals surface area contributed by atoms with Crippen LogP contribution in [0.25, 0.3) is 10.9 Å². The van der Waals surface area contributed by atoms with Crippen molar-refractivity contribution in [2.45, 2.75) is 37.6 Å². The van der Waals surface area contributed by atoms with Gasteiger partial charge < -0.3 is 14.6 Å². The van der Waals surface area contributed by atoms with Gasteiger partial charge in [-0.25, -0.2) is 0 Å². The first-order valence-electron chi connectivity index (χ1n) is 8.41. The smallest absolute Gasteiger partial charge is 0.294 e. The lowest BCUT2D eigenvalue weighted by molar-refractivity contribution is 0.0725. The molecule has 0 fully saturated rings. The molecule has 1 aliphatic heterocycles. The average molecular weight is 366 g/mol. The molecule has 0 saturated carbocycles. The summed E-state index contributed by atoms with van der Waals surface area (Å²) in [5.74, 6) is -0.0900. The number of hydrogen-bond donors (Lipinski definition) is 2. The summed E-state index contributed by atoms with van der Waals surface area (Å²) in [7, 11) is -4.31. The van der Waals surface area contributed by atoms with Crippen LogP contribution in [0.15, 0.2) is 23.1 Å². The van der Waals surface area contributed by atoms with Crippen LogP contribution in [0, 0.1) is 0 Å². The molecule has 0 bridgehead atoms. The molecule has 0 unspecified atom stereocenters. The number of carbonyl (C=O) groups excluding carboxylic acids is 1. The Bertz CT molecular complexity index is 917. The highest BCUT2D eigenvalue weighted by Gasteiger charge is 2.31. The number of amides is 1. The van der Waals surface area contributed by atoms with E-state index in [9.17, 15) is 22.9 Å². The van der Waals surface area contributed by atoms with Gasteiger partial charge in [0.15, 0.2) is 0 Å². The van der Waals surface area contributed by atoms with Gasteiger partial charge in [-0.05, 0) is 36.6 Å². The summed E-state index contributed by atoms with van der Waals surface area (Å²) in [5, 5.41) is 10.0. The molecule has 2 aromatic rings. The van der Waals surface area contributed by atoms with Gasteiger partial charge >= 0.3 is 0 Å². The number of fused-ring (bicyclic) bond motifs is 3. The molecule has 8 heteroatoms. The van der Waals surface area contributed by atoms with E-state index in [-0.39, 0.29) is 24.0 Å². The third kappa shape index (κ3) is 3.17. The highest BCUT2D eigenvalue weighted by molar-refractivity contribution is 7.85. The fraction of sp³-hybridized carbons (Fsp3) is 0.471. The predicted octanol–water partition coefficient (Wildman–Crippen LogP) is 1.68. The first-order chi connectivity index (χ1) is 11.9. The SMILES string of the molecule is CCCCN1CCc2c(n(CCO)c3ccc(S(=O)(=O)O)cc23)C1=O. The molecule has 3 rings (SSSR count). The average Bonchev–Trinajstić information content (AvgIpc) is 2.88. The van der Waals surface area contributed by atoms with Crippen LogP contribution < -0.4 is 0 Å². The fourth-order valence-electron chi connectivity index (χ4n) is 3.45. The van der Waals surface area contributed by atoms with E-state index in [1.165, 1.54) is 12.1 Å². The van der Waals surface area contributed by atoms with Gasteiger partial charge in [-0.15, -0.1) is 0 Å². The predicted molar refractivity (Wildman–Crippen MR) is 93.4 cm³/mol. The number of aliphatic hydroxyl groups is 1. The van der Waals surface area contributed by atoms with Gasteiger partial charge in [0.1, 0.15) is 5.69 Å². The van der Waals surface area contributed by atoms with Crippen molar-refractivity contribution in [1.82, 2.24) is 9.47 Å². The minimum atomic E-state index is -4.31. The van der Waals surface area contributed by atoms with Crippen molar-refractivity contribution in [3.63, 3.8) is 0 Å². The Labute approximate surface area is 146 Å². The zero-order valence-corrected chi connectivity index (χ0v) is 14.9. The monoisotopic (exact) mass is 366 g/mol. The second-order valence-electron chi connectivity index (χ2n) is 6.25. The lowest BCUT2D eigenvalue weighted by Gasteiger charge is -2.28. The minimum Gasteiger partial charge on any atom is -0.395 e. The Morgan fingerprint density at radius 3 is 2.64 bits per heavy atom. The summed E-state index contributed by atoms with van der Waals surface area (Å²) < 4.78 is 33.9. The quantitative estimate of drug-likeness (QED) is 0.758. The van der Waals surface area contributed by atoms with Crippen molar-refractivity contribution in [2.75, 3.05) is 19.7 Å². The van der Waals surface area contributed by atoms with Crippen LogP contribution >= 0.6 is 0 Å². The Morgan fingerprint density at radius 2 is 2.00 bits per heavy atom. The molecule has 1 aromatic carbocycles. The Hall–Kier alpha value is -1.90. The molecule has 0 radical (unpaired) electrons. The third-order valence-corrected chi connectivity index (χ3v) is 5.51. The number of rotatable bonds is 6. The molecular formula is C17H22N2O5S. The highest BCUT2D eigenvalue weighted by Crippen LogP contribution is 2.32. The fourth-order valence-corrected chi connectivity index (χ4v) is 3.96. The van der Waals surface area contributed by atoms with Crippen molar-refractivity contribution in [1.29, 1.82) is 0 Å². The summed E-state index contributed by atoms with van der Waals surface area (Å²) >= 11 is 0. The van der Waals surface area contributed by atoms with Crippen molar-refractivity contribution in [3.8, 4) is 0 Å². The molecule has 0 atom stereocenters. The summed E-state index contributed by atoms with van der Waals surface area (Å²) in [6, 6.07) is 4.30. The molecule has 1 aliphatic rings. The molecule has 1 aromatic heterocycles. The number of unbranched alkanes of at least 4 members (excludes halogenated alkanes) is 1. The normalized spacial score (nSPS) is 15.0. The molecular weight excluding hydrogens is 344 g/mol. The molecule has 136 valence electrons. The number of aromatic nitrogens is 1. The number of aliphatic hydroxyl groups excluding tert-OH is 1. The standard InChI is InChI=1S/C17H22N2O5S/c1-2-3-7-18-8-6-13-14-11-12(25(22,23)24)4-5-15(14)19(9-10-20)16(13)17(18)21/h4-5,11,20H,2-3,6-10H2,1H3,(H,22,23,24). The van der Waals surface area contributed by atoms with Crippen LogP contribution in [0.3, 0.4) is 0 Å². The van der Waals surface area contributed by atoms with Crippen molar-refractivity contribution >= 4 is 26.9 Å². The summed E-state index contributed by atoms with van der Waals surface area (Å²) in [4.78, 5) is 14.5. The van der Waals surface area contributed by atoms with E-state index >= 15 is 0 Å². The lowest BCUT2D eigenvalue weighted by atomic mass is 10.0. The van der Waals surface area contributed by atoms with Gasteiger partial charge in [0.2, 0.25) is 0 Å². The van der Waals surface area contributed by atoms with Crippen LogP contribution in [0.2, 0.25) is 0 Å². The Balaban J connectivity index is 2.18. The number of hydrogen-bond acceptors (Lipinski definition) is 4. The van der Waals surface area contributed by atoms with E-state index in [1.54, 1.807) is 10.6 Å². The van der Waals surface area contributed by atoms with E-state index in [1.807, 2.05) is 4.90 Å². The van der Waals surface area contributed by atoms with Crippen LogP contribution in [0.4, 0.5) is 0 Å². The molecule has 0 saturated heterocycles. The Kier molecular flexibility index (Phi) is 4.86. The van der Waals surface area contributed by atoms with Crippen LogP contribution in [0.1, 0.15) is 35.8 Å². The first-order valence-corrected chi connectivity index (χ1v) is 9.85. The van der Waals surface area contributed by atoms with Crippen molar-refractivity contribution in [2.24, 2.45) is 0 Å². The van der Waals surface area contributed by atoms with Crippen LogP contribution in [-0.2, 0) is 23.1 Å². The molecule has 7 nitrogen and oxygen atoms in total. The molecule has 0 spiro atoms. The zero-order chi connectivity index (χ0) is 18.2. The summed E-state index contributed by atoms with van der Waals surface area (Å²) in [6.07, 6.45) is 2.54. The molecule has 1 amide bonds. The van der Waals surface area contributed by atoms with Crippen LogP contribution in [0.5, 0.6) is 0 Å². The van der Waals surface area contributed by atoms with Gasteiger partial charge in [-0.3, -0.25) is 9.35 Å². The van der Waals surface area contributed by atoms with Gasteiger partial charge in [0, 0.05) is 30.5 Å². The van der Waals surface area contributed by atoms with E-state index in [4.69, 9.17) is 0 Å². The molecule has 2 N–H and O–H groups in total. The molecule has 0 aliphatic carbocycles. The van der Waals surface area contributed by atoms with E-state index in [0.717, 1.165) is 18.4 Å². The molecule has 2 heterocycles. The molecule has 25 heavy (non-hydrogen) atoms. The maximum atomic E-state index is 12.9. The number of carbonyl (C=O) groups is 1. The maximum absolute atomic E-state index is 12.9. The van der Waals surface area contributed by atoms with Gasteiger partial charge in [0.05, 0.1) is 11.5 Å². The zero-order valence-electron chi connectivity index (χ0n) is 14.1. The first kappa shape index (κ1) is 17.9. The van der Waals surface area contributed by atoms with Crippen molar-refractivity contribution < 1.29 is 22.9 Å². The minimum absolute atomic E-state index is 0.0900.